The number of carbonyl (C=O) groups excluding carboxylic acids is 2. The van der Waals surface area contributed by atoms with Crippen molar-refractivity contribution >= 4 is 11.8 Å². The third-order valence-electron chi connectivity index (χ3n) is 3.89. The second kappa shape index (κ2) is 8.33. The Morgan fingerprint density at radius 2 is 1.64 bits per heavy atom. The van der Waals surface area contributed by atoms with Gasteiger partial charge >= 0.3 is 0 Å². The van der Waals surface area contributed by atoms with Crippen molar-refractivity contribution in [3.63, 3.8) is 0 Å². The van der Waals surface area contributed by atoms with E-state index in [4.69, 9.17) is 4.74 Å². The number of hydrogen-bond donors (Lipinski definition) is 1. The Morgan fingerprint density at radius 1 is 1.04 bits per heavy atom. The molecule has 2 aromatic rings. The Labute approximate surface area is 148 Å². The fourth-order valence-corrected chi connectivity index (χ4v) is 2.59. The maximum Gasteiger partial charge on any atom is 0.251 e. The SMILES string of the molecule is COc1ccc(CN(C)C(=O)CNC(=O)c2cc(C)cc(C)c2)cc1. The van der Waals surface area contributed by atoms with Crippen molar-refractivity contribution in [2.45, 2.75) is 20.4 Å². The molecule has 25 heavy (non-hydrogen) atoms. The number of rotatable bonds is 6. The van der Waals surface area contributed by atoms with Gasteiger partial charge in [-0.2, -0.15) is 0 Å². The maximum atomic E-state index is 12.2. The third kappa shape index (κ3) is 5.35. The molecular weight excluding hydrogens is 316 g/mol. The number of aryl methyl sites for hydroxylation is 2. The van der Waals surface area contributed by atoms with Crippen LogP contribution < -0.4 is 10.1 Å². The van der Waals surface area contributed by atoms with Gasteiger partial charge in [-0.1, -0.05) is 29.3 Å². The molecule has 132 valence electrons. The standard InChI is InChI=1S/C20H24N2O3/c1-14-9-15(2)11-17(10-14)20(24)21-12-19(23)22(3)13-16-5-7-18(25-4)8-6-16/h5-11H,12-13H2,1-4H3,(H,21,24). The second-order valence-electron chi connectivity index (χ2n) is 6.16. The quantitative estimate of drug-likeness (QED) is 0.879. The van der Waals surface area contributed by atoms with Gasteiger partial charge in [-0.05, 0) is 43.7 Å². The molecular formula is C20H24N2O3. The molecule has 0 fully saturated rings. The zero-order chi connectivity index (χ0) is 18.4. The van der Waals surface area contributed by atoms with Gasteiger partial charge in [0.25, 0.3) is 5.91 Å². The lowest BCUT2D eigenvalue weighted by Crippen LogP contribution is -2.37. The molecule has 5 nitrogen and oxygen atoms in total. The molecule has 0 unspecified atom stereocenters. The van der Waals surface area contributed by atoms with Gasteiger partial charge in [-0.3, -0.25) is 9.59 Å². The van der Waals surface area contributed by atoms with Crippen molar-refractivity contribution in [2.24, 2.45) is 0 Å². The molecule has 0 atom stereocenters. The summed E-state index contributed by atoms with van der Waals surface area (Å²) >= 11 is 0. The zero-order valence-electron chi connectivity index (χ0n) is 15.1. The highest BCUT2D eigenvalue weighted by atomic mass is 16.5. The predicted octanol–water partition coefficient (Wildman–Crippen LogP) is 2.70. The largest absolute Gasteiger partial charge is 0.497 e. The van der Waals surface area contributed by atoms with Crippen molar-refractivity contribution in [1.82, 2.24) is 10.2 Å². The summed E-state index contributed by atoms with van der Waals surface area (Å²) in [6, 6.07) is 13.2. The molecule has 0 heterocycles. The Hall–Kier alpha value is -2.82. The van der Waals surface area contributed by atoms with E-state index in [2.05, 4.69) is 5.32 Å². The van der Waals surface area contributed by atoms with Crippen molar-refractivity contribution in [1.29, 1.82) is 0 Å². The van der Waals surface area contributed by atoms with Crippen LogP contribution in [0.4, 0.5) is 0 Å². The number of nitrogens with one attached hydrogen (secondary N) is 1. The number of methoxy groups -OCH3 is 1. The van der Waals surface area contributed by atoms with Gasteiger partial charge in [0.1, 0.15) is 5.75 Å². The Morgan fingerprint density at radius 3 is 2.20 bits per heavy atom. The fourth-order valence-electron chi connectivity index (χ4n) is 2.59. The molecule has 0 aliphatic rings. The van der Waals surface area contributed by atoms with Gasteiger partial charge in [0.2, 0.25) is 5.91 Å². The first kappa shape index (κ1) is 18.5. The van der Waals surface area contributed by atoms with E-state index in [-0.39, 0.29) is 18.4 Å². The predicted molar refractivity (Wildman–Crippen MR) is 97.7 cm³/mol. The first-order valence-corrected chi connectivity index (χ1v) is 8.12. The lowest BCUT2D eigenvalue weighted by atomic mass is 10.1. The van der Waals surface area contributed by atoms with Crippen LogP contribution in [0, 0.1) is 13.8 Å². The summed E-state index contributed by atoms with van der Waals surface area (Å²) in [7, 11) is 3.33. The van der Waals surface area contributed by atoms with Crippen molar-refractivity contribution in [2.75, 3.05) is 20.7 Å². The summed E-state index contributed by atoms with van der Waals surface area (Å²) < 4.78 is 5.12. The zero-order valence-corrected chi connectivity index (χ0v) is 15.1. The van der Waals surface area contributed by atoms with Crippen LogP contribution in [0.2, 0.25) is 0 Å². The van der Waals surface area contributed by atoms with E-state index in [1.807, 2.05) is 56.3 Å². The van der Waals surface area contributed by atoms with E-state index >= 15 is 0 Å². The number of nitrogens with zero attached hydrogens (tertiary/aromatic N) is 1. The molecule has 0 aromatic heterocycles. The first-order chi connectivity index (χ1) is 11.9. The summed E-state index contributed by atoms with van der Waals surface area (Å²) in [5, 5.41) is 2.69. The molecule has 2 rings (SSSR count). The molecule has 0 saturated carbocycles. The van der Waals surface area contributed by atoms with Gasteiger partial charge in [0.15, 0.2) is 0 Å². The molecule has 1 N–H and O–H groups in total. The van der Waals surface area contributed by atoms with Crippen LogP contribution in [-0.2, 0) is 11.3 Å². The fraction of sp³-hybridized carbons (Fsp3) is 0.300. The van der Waals surface area contributed by atoms with Crippen LogP contribution in [0.15, 0.2) is 42.5 Å². The highest BCUT2D eigenvalue weighted by Crippen LogP contribution is 2.12. The Bertz CT molecular complexity index is 734. The second-order valence-corrected chi connectivity index (χ2v) is 6.16. The number of likely N-dealkylation sites (N-methyl/N-ethyl adjacent to an activating group) is 1. The first-order valence-electron chi connectivity index (χ1n) is 8.12. The number of amides is 2. The van der Waals surface area contributed by atoms with Gasteiger partial charge < -0.3 is 15.0 Å². The average molecular weight is 340 g/mol. The topological polar surface area (TPSA) is 58.6 Å². The molecule has 0 aliphatic heterocycles. The van der Waals surface area contributed by atoms with Crippen molar-refractivity contribution in [3.8, 4) is 5.75 Å². The van der Waals surface area contributed by atoms with Crippen LogP contribution in [0.1, 0.15) is 27.0 Å². The Balaban J connectivity index is 1.88. The minimum Gasteiger partial charge on any atom is -0.497 e. The molecule has 0 spiro atoms. The van der Waals surface area contributed by atoms with E-state index < -0.39 is 0 Å². The molecule has 0 radical (unpaired) electrons. The number of hydrogen-bond acceptors (Lipinski definition) is 3. The molecule has 0 aliphatic carbocycles. The summed E-state index contributed by atoms with van der Waals surface area (Å²) in [6.45, 7) is 4.33. The van der Waals surface area contributed by atoms with Gasteiger partial charge in [0.05, 0.1) is 13.7 Å². The summed E-state index contributed by atoms with van der Waals surface area (Å²) in [4.78, 5) is 26.0. The number of carbonyl (C=O) groups is 2. The maximum absolute atomic E-state index is 12.2. The van der Waals surface area contributed by atoms with Crippen molar-refractivity contribution in [3.05, 3.63) is 64.7 Å². The van der Waals surface area contributed by atoms with Gasteiger partial charge in [0, 0.05) is 19.2 Å². The highest BCUT2D eigenvalue weighted by Gasteiger charge is 2.12. The van der Waals surface area contributed by atoms with E-state index in [0.29, 0.717) is 12.1 Å². The van der Waals surface area contributed by atoms with Gasteiger partial charge in [-0.15, -0.1) is 0 Å². The summed E-state index contributed by atoms with van der Waals surface area (Å²) in [5.41, 5.74) is 3.61. The normalized spacial score (nSPS) is 10.2. The smallest absolute Gasteiger partial charge is 0.251 e. The molecule has 0 saturated heterocycles. The molecule has 2 amide bonds. The monoisotopic (exact) mass is 340 g/mol. The van der Waals surface area contributed by atoms with Crippen molar-refractivity contribution < 1.29 is 14.3 Å². The van der Waals surface area contributed by atoms with E-state index in [9.17, 15) is 9.59 Å². The summed E-state index contributed by atoms with van der Waals surface area (Å²) in [5.74, 6) is 0.394. The molecule has 2 aromatic carbocycles. The van der Waals surface area contributed by atoms with Gasteiger partial charge in [-0.25, -0.2) is 0 Å². The average Bonchev–Trinajstić information content (AvgIpc) is 2.59. The molecule has 0 bridgehead atoms. The highest BCUT2D eigenvalue weighted by molar-refractivity contribution is 5.96. The third-order valence-corrected chi connectivity index (χ3v) is 3.89. The molecule has 5 heteroatoms. The van der Waals surface area contributed by atoms with E-state index in [1.54, 1.807) is 19.1 Å². The van der Waals surface area contributed by atoms with E-state index in [0.717, 1.165) is 22.4 Å². The van der Waals surface area contributed by atoms with Crippen LogP contribution in [0.25, 0.3) is 0 Å². The summed E-state index contributed by atoms with van der Waals surface area (Å²) in [6.07, 6.45) is 0. The van der Waals surface area contributed by atoms with Crippen LogP contribution in [0.5, 0.6) is 5.75 Å². The number of ether oxygens (including phenoxy) is 1. The van der Waals surface area contributed by atoms with Crippen LogP contribution >= 0.6 is 0 Å². The number of benzene rings is 2. The minimum absolute atomic E-state index is 0.0293. The minimum atomic E-state index is -0.238. The lowest BCUT2D eigenvalue weighted by molar-refractivity contribution is -0.129. The van der Waals surface area contributed by atoms with E-state index in [1.165, 1.54) is 0 Å². The van der Waals surface area contributed by atoms with Crippen LogP contribution in [0.3, 0.4) is 0 Å². The Kier molecular flexibility index (Phi) is 6.17. The van der Waals surface area contributed by atoms with Crippen LogP contribution in [-0.4, -0.2) is 37.4 Å². The lowest BCUT2D eigenvalue weighted by Gasteiger charge is -2.18.